The lowest BCUT2D eigenvalue weighted by molar-refractivity contribution is -0.137. The van der Waals surface area contributed by atoms with Gasteiger partial charge in [0, 0.05) is 13.1 Å². The number of carboxylic acids is 1. The summed E-state index contributed by atoms with van der Waals surface area (Å²) in [5.41, 5.74) is 9.02. The van der Waals surface area contributed by atoms with Crippen LogP contribution in [0.3, 0.4) is 0 Å². The van der Waals surface area contributed by atoms with Crippen LogP contribution in [0.25, 0.3) is 0 Å². The van der Waals surface area contributed by atoms with Crippen molar-refractivity contribution in [1.29, 1.82) is 0 Å². The van der Waals surface area contributed by atoms with E-state index < -0.39 is 5.97 Å². The zero-order chi connectivity index (χ0) is 16.9. The minimum Gasteiger partial charge on any atom is -0.481 e. The lowest BCUT2D eigenvalue weighted by Gasteiger charge is -2.30. The average Bonchev–Trinajstić information content (AvgIpc) is 2.35. The third-order valence-corrected chi connectivity index (χ3v) is 3.61. The quantitative estimate of drug-likeness (QED) is 0.713. The largest absolute Gasteiger partial charge is 0.481 e. The molecule has 0 heterocycles. The van der Waals surface area contributed by atoms with Crippen LogP contribution in [0.5, 0.6) is 0 Å². The first-order valence-corrected chi connectivity index (χ1v) is 8.06. The molecule has 1 unspecified atom stereocenters. The molecule has 0 aliphatic rings. The molecular formula is C18H30N2O2. The zero-order valence-corrected chi connectivity index (χ0v) is 14.5. The van der Waals surface area contributed by atoms with Crippen molar-refractivity contribution in [3.63, 3.8) is 0 Å². The summed E-state index contributed by atoms with van der Waals surface area (Å²) in [6.45, 7) is 12.7. The lowest BCUT2D eigenvalue weighted by Crippen LogP contribution is -2.31. The maximum Gasteiger partial charge on any atom is 0.303 e. The van der Waals surface area contributed by atoms with Gasteiger partial charge in [-0.15, -0.1) is 0 Å². The summed E-state index contributed by atoms with van der Waals surface area (Å²) in [5.74, 6) is 0.307. The molecule has 1 aromatic rings. The van der Waals surface area contributed by atoms with Crippen LogP contribution < -0.4 is 10.6 Å². The van der Waals surface area contributed by atoms with Gasteiger partial charge in [-0.3, -0.25) is 4.79 Å². The minimum atomic E-state index is -0.781. The number of carboxylic acid groups (broad SMARTS) is 1. The van der Waals surface area contributed by atoms with Gasteiger partial charge in [0.15, 0.2) is 0 Å². The molecule has 1 aromatic carbocycles. The third kappa shape index (κ3) is 5.58. The van der Waals surface area contributed by atoms with E-state index in [2.05, 4.69) is 32.6 Å². The molecule has 22 heavy (non-hydrogen) atoms. The number of rotatable bonds is 8. The SMILES string of the molecule is CC(C)CN(CC(C)C)c1ccc(C(C)CC(=O)O)cc1N. The average molecular weight is 306 g/mol. The van der Waals surface area contributed by atoms with E-state index in [0.29, 0.717) is 11.8 Å². The minimum absolute atomic E-state index is 0.0301. The zero-order valence-electron chi connectivity index (χ0n) is 14.5. The molecule has 0 radical (unpaired) electrons. The monoisotopic (exact) mass is 306 g/mol. The molecular weight excluding hydrogens is 276 g/mol. The molecule has 0 amide bonds. The number of nitrogen functional groups attached to an aromatic ring is 1. The first-order chi connectivity index (χ1) is 10.2. The Kier molecular flexibility index (Phi) is 6.72. The van der Waals surface area contributed by atoms with Gasteiger partial charge in [-0.25, -0.2) is 0 Å². The van der Waals surface area contributed by atoms with E-state index >= 15 is 0 Å². The molecule has 1 atom stereocenters. The number of hydrogen-bond donors (Lipinski definition) is 2. The van der Waals surface area contributed by atoms with Gasteiger partial charge in [0.25, 0.3) is 0 Å². The van der Waals surface area contributed by atoms with Crippen molar-refractivity contribution in [2.24, 2.45) is 11.8 Å². The summed E-state index contributed by atoms with van der Waals surface area (Å²) < 4.78 is 0. The molecule has 0 fully saturated rings. The summed E-state index contributed by atoms with van der Waals surface area (Å²) in [7, 11) is 0. The highest BCUT2D eigenvalue weighted by Gasteiger charge is 2.16. The summed E-state index contributed by atoms with van der Waals surface area (Å²) in [5, 5.41) is 8.92. The van der Waals surface area contributed by atoms with Gasteiger partial charge in [0.05, 0.1) is 17.8 Å². The van der Waals surface area contributed by atoms with Crippen molar-refractivity contribution in [2.75, 3.05) is 23.7 Å². The Morgan fingerprint density at radius 2 is 1.68 bits per heavy atom. The standard InChI is InChI=1S/C18H30N2O2/c1-12(2)10-20(11-13(3)4)17-7-6-15(9-16(17)19)14(5)8-18(21)22/h6-7,9,12-14H,8,10-11,19H2,1-5H3,(H,21,22). The van der Waals surface area contributed by atoms with E-state index in [-0.39, 0.29) is 12.3 Å². The Bertz CT molecular complexity index is 488. The predicted octanol–water partition coefficient (Wildman–Crippen LogP) is 3.97. The topological polar surface area (TPSA) is 66.6 Å². The molecule has 1 rings (SSSR count). The molecule has 0 aromatic heterocycles. The van der Waals surface area contributed by atoms with Gasteiger partial charge in [-0.2, -0.15) is 0 Å². The molecule has 4 nitrogen and oxygen atoms in total. The smallest absolute Gasteiger partial charge is 0.303 e. The first kappa shape index (κ1) is 18.3. The molecule has 4 heteroatoms. The van der Waals surface area contributed by atoms with Crippen molar-refractivity contribution >= 4 is 17.3 Å². The molecule has 0 saturated heterocycles. The van der Waals surface area contributed by atoms with Crippen LogP contribution in [0.15, 0.2) is 18.2 Å². The number of nitrogens with two attached hydrogens (primary N) is 1. The Morgan fingerprint density at radius 3 is 2.09 bits per heavy atom. The van der Waals surface area contributed by atoms with Crippen molar-refractivity contribution in [3.05, 3.63) is 23.8 Å². The summed E-state index contributed by atoms with van der Waals surface area (Å²) in [6, 6.07) is 5.97. The van der Waals surface area contributed by atoms with Gasteiger partial charge in [-0.1, -0.05) is 40.7 Å². The second-order valence-corrected chi connectivity index (χ2v) is 7.01. The van der Waals surface area contributed by atoms with Crippen LogP contribution in [-0.2, 0) is 4.79 Å². The second kappa shape index (κ2) is 8.06. The van der Waals surface area contributed by atoms with Gasteiger partial charge < -0.3 is 15.7 Å². The normalized spacial score (nSPS) is 12.7. The molecule has 3 N–H and O–H groups in total. The van der Waals surface area contributed by atoms with Crippen LogP contribution in [0.1, 0.15) is 52.5 Å². The molecule has 0 aliphatic carbocycles. The van der Waals surface area contributed by atoms with Crippen LogP contribution in [0, 0.1) is 11.8 Å². The number of anilines is 2. The van der Waals surface area contributed by atoms with Gasteiger partial charge in [0.2, 0.25) is 0 Å². The van der Waals surface area contributed by atoms with Gasteiger partial charge in [0.1, 0.15) is 0 Å². The fraction of sp³-hybridized carbons (Fsp3) is 0.611. The summed E-state index contributed by atoms with van der Waals surface area (Å²) in [4.78, 5) is 13.2. The van der Waals surface area contributed by atoms with Crippen molar-refractivity contribution < 1.29 is 9.90 Å². The fourth-order valence-electron chi connectivity index (χ4n) is 2.70. The predicted molar refractivity (Wildman–Crippen MR) is 93.4 cm³/mol. The van der Waals surface area contributed by atoms with E-state index in [9.17, 15) is 4.79 Å². The highest BCUT2D eigenvalue weighted by Crippen LogP contribution is 2.30. The second-order valence-electron chi connectivity index (χ2n) is 7.01. The third-order valence-electron chi connectivity index (χ3n) is 3.61. The molecule has 0 aliphatic heterocycles. The first-order valence-electron chi connectivity index (χ1n) is 8.06. The van der Waals surface area contributed by atoms with Crippen molar-refractivity contribution in [2.45, 2.75) is 47.0 Å². The number of aliphatic carboxylic acids is 1. The fourth-order valence-corrected chi connectivity index (χ4v) is 2.70. The maximum absolute atomic E-state index is 10.8. The highest BCUT2D eigenvalue weighted by atomic mass is 16.4. The molecule has 0 saturated carbocycles. The van der Waals surface area contributed by atoms with Crippen molar-refractivity contribution in [1.82, 2.24) is 0 Å². The Hall–Kier alpha value is -1.71. The van der Waals surface area contributed by atoms with E-state index in [1.165, 1.54) is 0 Å². The van der Waals surface area contributed by atoms with E-state index in [0.717, 1.165) is 30.0 Å². The van der Waals surface area contributed by atoms with Crippen LogP contribution in [0.4, 0.5) is 11.4 Å². The Labute approximate surface area is 134 Å². The summed E-state index contributed by atoms with van der Waals surface area (Å²) in [6.07, 6.45) is 0.125. The number of benzene rings is 1. The molecule has 0 bridgehead atoms. The molecule has 0 spiro atoms. The lowest BCUT2D eigenvalue weighted by atomic mass is 9.96. The number of carbonyl (C=O) groups is 1. The van der Waals surface area contributed by atoms with E-state index in [4.69, 9.17) is 10.8 Å². The Morgan fingerprint density at radius 1 is 1.14 bits per heavy atom. The number of nitrogens with zero attached hydrogens (tertiary/aromatic N) is 1. The van der Waals surface area contributed by atoms with Gasteiger partial charge in [-0.05, 0) is 35.4 Å². The maximum atomic E-state index is 10.8. The van der Waals surface area contributed by atoms with Gasteiger partial charge >= 0.3 is 5.97 Å². The molecule has 124 valence electrons. The summed E-state index contributed by atoms with van der Waals surface area (Å²) >= 11 is 0. The number of hydrogen-bond acceptors (Lipinski definition) is 3. The van der Waals surface area contributed by atoms with Crippen molar-refractivity contribution in [3.8, 4) is 0 Å². The Balaban J connectivity index is 3.00. The van der Waals surface area contributed by atoms with E-state index in [1.54, 1.807) is 0 Å². The van der Waals surface area contributed by atoms with Crippen LogP contribution >= 0.6 is 0 Å². The van der Waals surface area contributed by atoms with Crippen LogP contribution in [-0.4, -0.2) is 24.2 Å². The van der Waals surface area contributed by atoms with E-state index in [1.807, 2.05) is 25.1 Å². The highest BCUT2D eigenvalue weighted by molar-refractivity contribution is 5.71. The van der Waals surface area contributed by atoms with Crippen LogP contribution in [0.2, 0.25) is 0 Å².